The molecule has 0 bridgehead atoms. The van der Waals surface area contributed by atoms with E-state index in [1.165, 1.54) is 0 Å². The first-order chi connectivity index (χ1) is 7.99. The molecule has 0 aliphatic heterocycles. The Bertz CT molecular complexity index is 357. The molecule has 0 heterocycles. The van der Waals surface area contributed by atoms with Crippen LogP contribution in [0, 0.1) is 0 Å². The van der Waals surface area contributed by atoms with Crippen LogP contribution in [-0.4, -0.2) is 32.6 Å². The summed E-state index contributed by atoms with van der Waals surface area (Å²) < 4.78 is 0. The molecule has 4 nitrogen and oxygen atoms in total. The third-order valence-corrected chi connectivity index (χ3v) is 2.29. The Kier molecular flexibility index (Phi) is 4.82. The van der Waals surface area contributed by atoms with Gasteiger partial charge in [0.1, 0.15) is 0 Å². The van der Waals surface area contributed by atoms with Crippen molar-refractivity contribution in [1.29, 1.82) is 0 Å². The fourth-order valence-corrected chi connectivity index (χ4v) is 1.43. The van der Waals surface area contributed by atoms with E-state index in [-0.39, 0.29) is 11.9 Å². The molecule has 17 heavy (non-hydrogen) atoms. The summed E-state index contributed by atoms with van der Waals surface area (Å²) >= 11 is 0. The lowest BCUT2D eigenvalue weighted by atomic mass is 10.2. The zero-order chi connectivity index (χ0) is 12.8. The zero-order valence-corrected chi connectivity index (χ0v) is 10.9. The summed E-state index contributed by atoms with van der Waals surface area (Å²) in [6.07, 6.45) is 0. The number of carbonyl (C=O) groups excluding carboxylic acids is 1. The van der Waals surface area contributed by atoms with Crippen LogP contribution in [0.4, 0.5) is 11.4 Å². The number of benzene rings is 1. The zero-order valence-electron chi connectivity index (χ0n) is 10.9. The number of rotatable bonds is 5. The Hall–Kier alpha value is -1.71. The van der Waals surface area contributed by atoms with E-state index in [0.717, 1.165) is 11.4 Å². The fraction of sp³-hybridized carbons (Fsp3) is 0.462. The molecule has 0 aliphatic carbocycles. The Morgan fingerprint density at radius 3 is 2.29 bits per heavy atom. The summed E-state index contributed by atoms with van der Waals surface area (Å²) in [4.78, 5) is 13.5. The minimum atomic E-state index is 0.0108. The van der Waals surface area contributed by atoms with Crippen LogP contribution in [0.3, 0.4) is 0 Å². The van der Waals surface area contributed by atoms with Gasteiger partial charge in [-0.15, -0.1) is 0 Å². The molecule has 4 heteroatoms. The molecular formula is C13H21N3O. The van der Waals surface area contributed by atoms with Gasteiger partial charge in [-0.25, -0.2) is 0 Å². The van der Waals surface area contributed by atoms with Gasteiger partial charge in [0, 0.05) is 31.5 Å². The summed E-state index contributed by atoms with van der Waals surface area (Å²) in [5, 5.41) is 5.92. The van der Waals surface area contributed by atoms with E-state index in [0.29, 0.717) is 6.54 Å². The number of nitrogens with zero attached hydrogens (tertiary/aromatic N) is 1. The molecule has 0 radical (unpaired) electrons. The van der Waals surface area contributed by atoms with Gasteiger partial charge in [-0.2, -0.15) is 0 Å². The maximum atomic E-state index is 11.4. The first-order valence-corrected chi connectivity index (χ1v) is 5.79. The predicted molar refractivity (Wildman–Crippen MR) is 72.5 cm³/mol. The number of amides is 1. The SMILES string of the molecule is CC(C)NC(=O)CNc1ccc(N(C)C)cc1. The minimum Gasteiger partial charge on any atom is -0.378 e. The molecule has 0 atom stereocenters. The standard InChI is InChI=1S/C13H21N3O/c1-10(2)15-13(17)9-14-11-5-7-12(8-6-11)16(3)4/h5-8,10,14H,9H2,1-4H3,(H,15,17). The topological polar surface area (TPSA) is 44.4 Å². The van der Waals surface area contributed by atoms with E-state index in [1.54, 1.807) is 0 Å². The normalized spacial score (nSPS) is 10.2. The molecule has 0 saturated heterocycles. The fourth-order valence-electron chi connectivity index (χ4n) is 1.43. The Morgan fingerprint density at radius 2 is 1.82 bits per heavy atom. The van der Waals surface area contributed by atoms with Crippen molar-refractivity contribution in [1.82, 2.24) is 5.32 Å². The molecular weight excluding hydrogens is 214 g/mol. The van der Waals surface area contributed by atoms with Crippen LogP contribution in [-0.2, 0) is 4.79 Å². The van der Waals surface area contributed by atoms with Crippen LogP contribution >= 0.6 is 0 Å². The van der Waals surface area contributed by atoms with Crippen LogP contribution < -0.4 is 15.5 Å². The van der Waals surface area contributed by atoms with Gasteiger partial charge < -0.3 is 15.5 Å². The number of hydrogen-bond acceptors (Lipinski definition) is 3. The van der Waals surface area contributed by atoms with Crippen molar-refractivity contribution < 1.29 is 4.79 Å². The first kappa shape index (κ1) is 13.4. The monoisotopic (exact) mass is 235 g/mol. The predicted octanol–water partition coefficient (Wildman–Crippen LogP) is 1.69. The summed E-state index contributed by atoms with van der Waals surface area (Å²) in [6, 6.07) is 8.15. The molecule has 0 spiro atoms. The summed E-state index contributed by atoms with van der Waals surface area (Å²) in [6.45, 7) is 4.20. The lowest BCUT2D eigenvalue weighted by molar-refractivity contribution is -0.119. The van der Waals surface area contributed by atoms with Crippen LogP contribution in [0.2, 0.25) is 0 Å². The highest BCUT2D eigenvalue weighted by atomic mass is 16.1. The molecule has 0 aromatic heterocycles. The highest BCUT2D eigenvalue weighted by Gasteiger charge is 2.02. The molecule has 1 aromatic rings. The number of anilines is 2. The van der Waals surface area contributed by atoms with Crippen LogP contribution in [0.1, 0.15) is 13.8 Å². The molecule has 1 aromatic carbocycles. The number of carbonyl (C=O) groups is 1. The van der Waals surface area contributed by atoms with Crippen molar-refractivity contribution in [2.24, 2.45) is 0 Å². The van der Waals surface area contributed by atoms with Gasteiger partial charge in [-0.05, 0) is 38.1 Å². The Morgan fingerprint density at radius 1 is 1.24 bits per heavy atom. The van der Waals surface area contributed by atoms with Gasteiger partial charge >= 0.3 is 0 Å². The maximum absolute atomic E-state index is 11.4. The van der Waals surface area contributed by atoms with E-state index in [2.05, 4.69) is 10.6 Å². The van der Waals surface area contributed by atoms with E-state index in [4.69, 9.17) is 0 Å². The van der Waals surface area contributed by atoms with E-state index in [9.17, 15) is 4.79 Å². The first-order valence-electron chi connectivity index (χ1n) is 5.79. The molecule has 0 saturated carbocycles. The highest BCUT2D eigenvalue weighted by molar-refractivity contribution is 5.80. The van der Waals surface area contributed by atoms with Crippen molar-refractivity contribution >= 4 is 17.3 Å². The number of hydrogen-bond donors (Lipinski definition) is 2. The van der Waals surface area contributed by atoms with Gasteiger partial charge in [0.05, 0.1) is 6.54 Å². The molecule has 0 unspecified atom stereocenters. The van der Waals surface area contributed by atoms with Crippen LogP contribution in [0.25, 0.3) is 0 Å². The van der Waals surface area contributed by atoms with Gasteiger partial charge in [0.25, 0.3) is 0 Å². The van der Waals surface area contributed by atoms with Gasteiger partial charge in [0.15, 0.2) is 0 Å². The smallest absolute Gasteiger partial charge is 0.239 e. The molecule has 94 valence electrons. The van der Waals surface area contributed by atoms with Crippen molar-refractivity contribution in [3.8, 4) is 0 Å². The summed E-state index contributed by atoms with van der Waals surface area (Å²) in [5.74, 6) is 0.0108. The van der Waals surface area contributed by atoms with E-state index < -0.39 is 0 Å². The molecule has 1 rings (SSSR count). The lowest BCUT2D eigenvalue weighted by Gasteiger charge is -2.13. The van der Waals surface area contributed by atoms with E-state index >= 15 is 0 Å². The Balaban J connectivity index is 2.44. The number of nitrogens with one attached hydrogen (secondary N) is 2. The molecule has 1 amide bonds. The van der Waals surface area contributed by atoms with Crippen molar-refractivity contribution in [3.63, 3.8) is 0 Å². The second-order valence-electron chi connectivity index (χ2n) is 4.52. The van der Waals surface area contributed by atoms with E-state index in [1.807, 2.05) is 57.1 Å². The van der Waals surface area contributed by atoms with Gasteiger partial charge in [-0.1, -0.05) is 0 Å². The molecule has 2 N–H and O–H groups in total. The largest absolute Gasteiger partial charge is 0.378 e. The van der Waals surface area contributed by atoms with Crippen LogP contribution in [0.15, 0.2) is 24.3 Å². The maximum Gasteiger partial charge on any atom is 0.239 e. The minimum absolute atomic E-state index is 0.0108. The third kappa shape index (κ3) is 4.76. The highest BCUT2D eigenvalue weighted by Crippen LogP contribution is 2.15. The lowest BCUT2D eigenvalue weighted by Crippen LogP contribution is -2.34. The van der Waals surface area contributed by atoms with Crippen molar-refractivity contribution in [3.05, 3.63) is 24.3 Å². The average molecular weight is 235 g/mol. The summed E-state index contributed by atoms with van der Waals surface area (Å²) in [7, 11) is 4.00. The molecule has 0 fully saturated rings. The van der Waals surface area contributed by atoms with Crippen molar-refractivity contribution in [2.45, 2.75) is 19.9 Å². The van der Waals surface area contributed by atoms with Gasteiger partial charge in [0.2, 0.25) is 5.91 Å². The quantitative estimate of drug-likeness (QED) is 0.816. The average Bonchev–Trinajstić information content (AvgIpc) is 2.26. The third-order valence-electron chi connectivity index (χ3n) is 2.29. The second kappa shape index (κ2) is 6.13. The van der Waals surface area contributed by atoms with Crippen molar-refractivity contribution in [2.75, 3.05) is 30.9 Å². The molecule has 0 aliphatic rings. The van der Waals surface area contributed by atoms with Crippen LogP contribution in [0.5, 0.6) is 0 Å². The summed E-state index contributed by atoms with van der Waals surface area (Å²) in [5.41, 5.74) is 2.09. The second-order valence-corrected chi connectivity index (χ2v) is 4.52. The van der Waals surface area contributed by atoms with Gasteiger partial charge in [-0.3, -0.25) is 4.79 Å². The Labute approximate surface area is 103 Å².